The van der Waals surface area contributed by atoms with E-state index in [0.29, 0.717) is 22.7 Å². The summed E-state index contributed by atoms with van der Waals surface area (Å²) in [6.07, 6.45) is 3.00. The van der Waals surface area contributed by atoms with Gasteiger partial charge in [0.15, 0.2) is 0 Å². The monoisotopic (exact) mass is 336 g/mol. The van der Waals surface area contributed by atoms with Crippen LogP contribution in [0, 0.1) is 0 Å². The molecule has 0 bridgehead atoms. The van der Waals surface area contributed by atoms with Gasteiger partial charge in [0.05, 0.1) is 22.8 Å². The molecule has 7 heteroatoms. The van der Waals surface area contributed by atoms with Gasteiger partial charge in [0, 0.05) is 18.1 Å². The zero-order valence-electron chi connectivity index (χ0n) is 10.7. The summed E-state index contributed by atoms with van der Waals surface area (Å²) >= 11 is 3.36. The summed E-state index contributed by atoms with van der Waals surface area (Å²) in [5.74, 6) is 5.75. The molecule has 0 fully saturated rings. The third-order valence-electron chi connectivity index (χ3n) is 2.63. The molecule has 1 heterocycles. The fourth-order valence-electron chi connectivity index (χ4n) is 1.64. The molecule has 1 aromatic heterocycles. The second kappa shape index (κ2) is 6.36. The lowest BCUT2D eigenvalue weighted by Gasteiger charge is -2.10. The Balaban J connectivity index is 2.21. The molecule has 0 aliphatic rings. The number of amides is 1. The summed E-state index contributed by atoms with van der Waals surface area (Å²) in [6, 6.07) is 6.87. The van der Waals surface area contributed by atoms with E-state index in [1.54, 1.807) is 37.6 Å². The minimum absolute atomic E-state index is 0.303. The number of ether oxygens (including phenoxy) is 1. The van der Waals surface area contributed by atoms with Crippen molar-refractivity contribution in [1.82, 2.24) is 4.98 Å². The summed E-state index contributed by atoms with van der Waals surface area (Å²) < 4.78 is 5.88. The molecule has 0 atom stereocenters. The van der Waals surface area contributed by atoms with Crippen molar-refractivity contribution in [3.63, 3.8) is 0 Å². The van der Waals surface area contributed by atoms with E-state index in [-0.39, 0.29) is 5.91 Å². The Morgan fingerprint density at radius 2 is 2.20 bits per heavy atom. The van der Waals surface area contributed by atoms with Crippen LogP contribution in [0.15, 0.2) is 41.1 Å². The number of pyridine rings is 1. The highest BCUT2D eigenvalue weighted by Gasteiger charge is 2.12. The predicted octanol–water partition coefficient (Wildman–Crippen LogP) is 2.39. The number of hydrogen-bond acceptors (Lipinski definition) is 5. The number of benzene rings is 1. The highest BCUT2D eigenvalue weighted by Crippen LogP contribution is 2.28. The van der Waals surface area contributed by atoms with Crippen LogP contribution in [0.1, 0.15) is 10.4 Å². The highest BCUT2D eigenvalue weighted by atomic mass is 79.9. The van der Waals surface area contributed by atoms with Gasteiger partial charge >= 0.3 is 0 Å². The van der Waals surface area contributed by atoms with Crippen LogP contribution in [0.3, 0.4) is 0 Å². The van der Waals surface area contributed by atoms with E-state index in [0.717, 1.165) is 4.47 Å². The fourth-order valence-corrected chi connectivity index (χ4v) is 2.18. The van der Waals surface area contributed by atoms with Crippen LogP contribution in [-0.2, 0) is 0 Å². The molecular weight excluding hydrogens is 324 g/mol. The third-order valence-corrected chi connectivity index (χ3v) is 3.25. The van der Waals surface area contributed by atoms with Crippen LogP contribution in [0.2, 0.25) is 0 Å². The summed E-state index contributed by atoms with van der Waals surface area (Å²) in [7, 11) is 1.58. The van der Waals surface area contributed by atoms with Crippen molar-refractivity contribution in [2.45, 2.75) is 0 Å². The molecule has 0 radical (unpaired) electrons. The minimum atomic E-state index is -0.303. The summed E-state index contributed by atoms with van der Waals surface area (Å²) in [4.78, 5) is 16.1. The van der Waals surface area contributed by atoms with Gasteiger partial charge in [-0.2, -0.15) is 0 Å². The number of halogens is 1. The van der Waals surface area contributed by atoms with Gasteiger partial charge in [-0.1, -0.05) is 0 Å². The molecule has 1 aromatic carbocycles. The van der Waals surface area contributed by atoms with Gasteiger partial charge in [0.25, 0.3) is 5.91 Å². The van der Waals surface area contributed by atoms with E-state index >= 15 is 0 Å². The first-order chi connectivity index (χ1) is 9.65. The molecule has 104 valence electrons. The Bertz CT molecular complexity index is 634. The fraction of sp³-hybridized carbons (Fsp3) is 0.0769. The van der Waals surface area contributed by atoms with Crippen LogP contribution in [0.5, 0.6) is 5.75 Å². The molecule has 0 aliphatic heterocycles. The predicted molar refractivity (Wildman–Crippen MR) is 80.7 cm³/mol. The number of anilines is 2. The quantitative estimate of drug-likeness (QED) is 0.589. The van der Waals surface area contributed by atoms with Gasteiger partial charge in [-0.15, -0.1) is 0 Å². The number of nitrogens with two attached hydrogens (primary N) is 1. The van der Waals surface area contributed by atoms with Gasteiger partial charge in [-0.25, -0.2) is 0 Å². The molecule has 6 nitrogen and oxygen atoms in total. The van der Waals surface area contributed by atoms with Crippen molar-refractivity contribution >= 4 is 33.2 Å². The first-order valence-electron chi connectivity index (χ1n) is 5.71. The van der Waals surface area contributed by atoms with Crippen LogP contribution in [0.4, 0.5) is 11.4 Å². The van der Waals surface area contributed by atoms with Gasteiger partial charge in [-0.3, -0.25) is 15.6 Å². The summed E-state index contributed by atoms with van der Waals surface area (Å²) in [5, 5.41) is 2.77. The molecule has 0 saturated heterocycles. The van der Waals surface area contributed by atoms with E-state index in [1.807, 2.05) is 0 Å². The molecule has 2 aromatic rings. The van der Waals surface area contributed by atoms with Crippen LogP contribution in [-0.4, -0.2) is 18.0 Å². The van der Waals surface area contributed by atoms with E-state index < -0.39 is 0 Å². The first-order valence-corrected chi connectivity index (χ1v) is 6.50. The van der Waals surface area contributed by atoms with Crippen molar-refractivity contribution < 1.29 is 9.53 Å². The number of carbonyl (C=O) groups is 1. The average molecular weight is 337 g/mol. The maximum Gasteiger partial charge on any atom is 0.259 e. The molecule has 20 heavy (non-hydrogen) atoms. The molecule has 4 N–H and O–H groups in total. The SMILES string of the molecule is COc1ccc(NC(=O)c2cnccc2NN)cc1Br. The Kier molecular flexibility index (Phi) is 4.54. The summed E-state index contributed by atoms with van der Waals surface area (Å²) in [5.41, 5.74) is 3.96. The topological polar surface area (TPSA) is 89.3 Å². The Morgan fingerprint density at radius 3 is 2.85 bits per heavy atom. The maximum absolute atomic E-state index is 12.2. The Morgan fingerprint density at radius 1 is 1.40 bits per heavy atom. The second-order valence-electron chi connectivity index (χ2n) is 3.87. The third kappa shape index (κ3) is 3.06. The Hall–Kier alpha value is -2.12. The van der Waals surface area contributed by atoms with E-state index in [4.69, 9.17) is 10.6 Å². The lowest BCUT2D eigenvalue weighted by molar-refractivity contribution is 0.102. The number of aromatic nitrogens is 1. The molecule has 2 rings (SSSR count). The molecule has 0 saturated carbocycles. The van der Waals surface area contributed by atoms with Crippen molar-refractivity contribution in [3.05, 3.63) is 46.7 Å². The van der Waals surface area contributed by atoms with Crippen LogP contribution >= 0.6 is 15.9 Å². The van der Waals surface area contributed by atoms with Crippen molar-refractivity contribution in [3.8, 4) is 5.75 Å². The van der Waals surface area contributed by atoms with Crippen LogP contribution in [0.25, 0.3) is 0 Å². The van der Waals surface area contributed by atoms with Gasteiger partial charge in [0.2, 0.25) is 0 Å². The average Bonchev–Trinajstić information content (AvgIpc) is 2.47. The lowest BCUT2D eigenvalue weighted by Crippen LogP contribution is -2.17. The second-order valence-corrected chi connectivity index (χ2v) is 4.72. The molecule has 0 unspecified atom stereocenters. The number of hydrazine groups is 1. The number of methoxy groups -OCH3 is 1. The van der Waals surface area contributed by atoms with Crippen molar-refractivity contribution in [2.24, 2.45) is 5.84 Å². The van der Waals surface area contributed by atoms with Gasteiger partial charge in [0.1, 0.15) is 5.75 Å². The number of hydrogen-bond donors (Lipinski definition) is 3. The lowest BCUT2D eigenvalue weighted by atomic mass is 10.2. The van der Waals surface area contributed by atoms with Crippen LogP contribution < -0.4 is 21.3 Å². The maximum atomic E-state index is 12.2. The number of nitrogens with zero attached hydrogens (tertiary/aromatic N) is 1. The van der Waals surface area contributed by atoms with Gasteiger partial charge < -0.3 is 15.5 Å². The normalized spacial score (nSPS) is 9.95. The standard InChI is InChI=1S/C13H13BrN4O2/c1-20-12-3-2-8(6-10(12)14)17-13(19)9-7-16-5-4-11(9)18-15/h2-7H,15H2,1H3,(H,16,18)(H,17,19). The Labute approximate surface area is 124 Å². The number of rotatable bonds is 4. The molecule has 0 spiro atoms. The first kappa shape index (κ1) is 14.3. The molecule has 1 amide bonds. The van der Waals surface area contributed by atoms with Crippen molar-refractivity contribution in [2.75, 3.05) is 17.9 Å². The molecular formula is C13H13BrN4O2. The van der Waals surface area contributed by atoms with E-state index in [1.165, 1.54) is 6.20 Å². The summed E-state index contributed by atoms with van der Waals surface area (Å²) in [6.45, 7) is 0. The highest BCUT2D eigenvalue weighted by molar-refractivity contribution is 9.10. The number of nitrogen functional groups attached to an aromatic ring is 1. The van der Waals surface area contributed by atoms with E-state index in [9.17, 15) is 4.79 Å². The molecule has 0 aliphatic carbocycles. The zero-order chi connectivity index (χ0) is 14.5. The van der Waals surface area contributed by atoms with E-state index in [2.05, 4.69) is 31.7 Å². The number of carbonyl (C=O) groups excluding carboxylic acids is 1. The largest absolute Gasteiger partial charge is 0.496 e. The van der Waals surface area contributed by atoms with Crippen molar-refractivity contribution in [1.29, 1.82) is 0 Å². The minimum Gasteiger partial charge on any atom is -0.496 e. The smallest absolute Gasteiger partial charge is 0.259 e. The zero-order valence-corrected chi connectivity index (χ0v) is 12.3. The van der Waals surface area contributed by atoms with Gasteiger partial charge in [-0.05, 0) is 40.2 Å². The number of nitrogens with one attached hydrogen (secondary N) is 2.